The van der Waals surface area contributed by atoms with Crippen molar-refractivity contribution in [2.45, 2.75) is 0 Å². The van der Waals surface area contributed by atoms with Crippen LogP contribution in [-0.4, -0.2) is 15.7 Å². The van der Waals surface area contributed by atoms with Crippen LogP contribution in [-0.2, 0) is 0 Å². The summed E-state index contributed by atoms with van der Waals surface area (Å²) in [6.07, 6.45) is 3.50. The van der Waals surface area contributed by atoms with Crippen LogP contribution in [0.15, 0.2) is 30.6 Å². The highest BCUT2D eigenvalue weighted by atomic mass is 35.5. The molecule has 0 aliphatic heterocycles. The van der Waals surface area contributed by atoms with Gasteiger partial charge < -0.3 is 0 Å². The van der Waals surface area contributed by atoms with Gasteiger partial charge in [0.05, 0.1) is 10.7 Å². The smallest absolute Gasteiger partial charge is 0.0967 e. The summed E-state index contributed by atoms with van der Waals surface area (Å²) in [5, 5.41) is 0.389. The SMILES string of the molecule is ClCCl.ClCCl.c1ccncc1. The van der Waals surface area contributed by atoms with E-state index in [2.05, 4.69) is 4.98 Å². The van der Waals surface area contributed by atoms with Gasteiger partial charge in [-0.1, -0.05) is 6.07 Å². The van der Waals surface area contributed by atoms with Crippen molar-refractivity contribution in [3.05, 3.63) is 30.6 Å². The molecule has 0 unspecified atom stereocenters. The fourth-order valence-electron chi connectivity index (χ4n) is 0.313. The van der Waals surface area contributed by atoms with Crippen LogP contribution in [0.25, 0.3) is 0 Å². The average Bonchev–Trinajstić information content (AvgIpc) is 2.10. The third-order valence-electron chi connectivity index (χ3n) is 0.566. The molecule has 0 bridgehead atoms. The minimum absolute atomic E-state index is 0.194. The number of rotatable bonds is 0. The van der Waals surface area contributed by atoms with Gasteiger partial charge in [0.2, 0.25) is 0 Å². The van der Waals surface area contributed by atoms with Crippen LogP contribution in [0, 0.1) is 0 Å². The van der Waals surface area contributed by atoms with Gasteiger partial charge >= 0.3 is 0 Å². The molecule has 0 aliphatic carbocycles. The Labute approximate surface area is 92.6 Å². The van der Waals surface area contributed by atoms with Crippen LogP contribution in [0.2, 0.25) is 0 Å². The summed E-state index contributed by atoms with van der Waals surface area (Å²) < 4.78 is 0. The first kappa shape index (κ1) is 14.8. The predicted molar refractivity (Wildman–Crippen MR) is 57.4 cm³/mol. The van der Waals surface area contributed by atoms with Gasteiger partial charge in [0.15, 0.2) is 0 Å². The van der Waals surface area contributed by atoms with Crippen molar-refractivity contribution >= 4 is 46.4 Å². The number of aromatic nitrogens is 1. The molecule has 0 aromatic carbocycles. The first-order valence-electron chi connectivity index (χ1n) is 2.92. The van der Waals surface area contributed by atoms with Crippen LogP contribution in [0.3, 0.4) is 0 Å². The van der Waals surface area contributed by atoms with Crippen molar-refractivity contribution in [2.24, 2.45) is 0 Å². The van der Waals surface area contributed by atoms with E-state index in [4.69, 9.17) is 46.4 Å². The first-order valence-corrected chi connectivity index (χ1v) is 5.06. The average molecular weight is 249 g/mol. The molecule has 0 saturated heterocycles. The molecule has 1 rings (SSSR count). The van der Waals surface area contributed by atoms with Gasteiger partial charge in [0, 0.05) is 12.4 Å². The molecular weight excluding hydrogens is 240 g/mol. The van der Waals surface area contributed by atoms with E-state index in [1.165, 1.54) is 0 Å². The Morgan fingerprint density at radius 1 is 0.750 bits per heavy atom. The highest BCUT2D eigenvalue weighted by Gasteiger charge is 1.58. The van der Waals surface area contributed by atoms with Gasteiger partial charge in [-0.25, -0.2) is 0 Å². The zero-order valence-corrected chi connectivity index (χ0v) is 9.28. The van der Waals surface area contributed by atoms with Crippen molar-refractivity contribution in [1.82, 2.24) is 4.98 Å². The van der Waals surface area contributed by atoms with E-state index in [1.54, 1.807) is 12.4 Å². The van der Waals surface area contributed by atoms with E-state index in [0.717, 1.165) is 0 Å². The Bertz CT molecular complexity index is 107. The molecule has 5 heteroatoms. The van der Waals surface area contributed by atoms with Crippen molar-refractivity contribution in [3.8, 4) is 0 Å². The van der Waals surface area contributed by atoms with E-state index in [1.807, 2.05) is 18.2 Å². The highest BCUT2D eigenvalue weighted by Crippen LogP contribution is 1.74. The number of hydrogen-bond acceptors (Lipinski definition) is 1. The molecule has 0 radical (unpaired) electrons. The molecule has 70 valence electrons. The predicted octanol–water partition coefficient (Wildman–Crippen LogP) is 3.92. The molecule has 0 aliphatic rings. The maximum Gasteiger partial charge on any atom is 0.0967 e. The number of hydrogen-bond donors (Lipinski definition) is 0. The van der Waals surface area contributed by atoms with Gasteiger partial charge in [-0.15, -0.1) is 46.4 Å². The zero-order valence-electron chi connectivity index (χ0n) is 6.26. The Balaban J connectivity index is 0. The van der Waals surface area contributed by atoms with E-state index in [9.17, 15) is 0 Å². The summed E-state index contributed by atoms with van der Waals surface area (Å²) in [7, 11) is 0. The van der Waals surface area contributed by atoms with E-state index in [-0.39, 0.29) is 10.7 Å². The lowest BCUT2D eigenvalue weighted by Crippen LogP contribution is -1.58. The second-order valence-electron chi connectivity index (χ2n) is 1.23. The molecule has 0 fully saturated rings. The minimum Gasteiger partial charge on any atom is -0.265 e. The van der Waals surface area contributed by atoms with Crippen molar-refractivity contribution in [1.29, 1.82) is 0 Å². The lowest BCUT2D eigenvalue weighted by Gasteiger charge is -1.70. The van der Waals surface area contributed by atoms with E-state index < -0.39 is 0 Å². The van der Waals surface area contributed by atoms with Crippen LogP contribution < -0.4 is 0 Å². The number of alkyl halides is 4. The second-order valence-corrected chi connectivity index (χ2v) is 2.84. The number of nitrogens with zero attached hydrogens (tertiary/aromatic N) is 1. The highest BCUT2D eigenvalue weighted by molar-refractivity contribution is 6.40. The number of pyridine rings is 1. The van der Waals surface area contributed by atoms with Crippen LogP contribution in [0.1, 0.15) is 0 Å². The standard InChI is InChI=1S/C5H5N.2CH2Cl2/c1-2-4-6-5-3-1;2*2-1-3/h1-5H;2*1H2. The van der Waals surface area contributed by atoms with Crippen molar-refractivity contribution in [3.63, 3.8) is 0 Å². The summed E-state index contributed by atoms with van der Waals surface area (Å²) in [6.45, 7) is 0. The quantitative estimate of drug-likeness (QED) is 0.635. The molecular formula is C7H9Cl4N. The molecule has 1 nitrogen and oxygen atoms in total. The van der Waals surface area contributed by atoms with Crippen LogP contribution in [0.4, 0.5) is 0 Å². The van der Waals surface area contributed by atoms with Crippen molar-refractivity contribution in [2.75, 3.05) is 10.7 Å². The largest absolute Gasteiger partial charge is 0.265 e. The van der Waals surface area contributed by atoms with Gasteiger partial charge in [0.25, 0.3) is 0 Å². The second kappa shape index (κ2) is 17.4. The lowest BCUT2D eigenvalue weighted by atomic mass is 10.5. The maximum atomic E-state index is 4.76. The maximum absolute atomic E-state index is 4.76. The summed E-state index contributed by atoms with van der Waals surface area (Å²) >= 11 is 19.1. The summed E-state index contributed by atoms with van der Waals surface area (Å²) in [4.78, 5) is 3.78. The Hall–Kier alpha value is 0.310. The molecule has 0 saturated carbocycles. The third-order valence-corrected chi connectivity index (χ3v) is 0.566. The number of halogens is 4. The van der Waals surface area contributed by atoms with Crippen LogP contribution >= 0.6 is 46.4 Å². The summed E-state index contributed by atoms with van der Waals surface area (Å²) in [5.74, 6) is 0. The van der Waals surface area contributed by atoms with Gasteiger partial charge in [-0.3, -0.25) is 4.98 Å². The Morgan fingerprint density at radius 2 is 1.08 bits per heavy atom. The summed E-state index contributed by atoms with van der Waals surface area (Å²) in [5.41, 5.74) is 0. The summed E-state index contributed by atoms with van der Waals surface area (Å²) in [6, 6.07) is 5.72. The lowest BCUT2D eigenvalue weighted by molar-refractivity contribution is 1.33. The molecule has 0 atom stereocenters. The molecule has 0 N–H and O–H groups in total. The fourth-order valence-corrected chi connectivity index (χ4v) is 0.313. The zero-order chi connectivity index (χ0) is 9.66. The van der Waals surface area contributed by atoms with E-state index in [0.29, 0.717) is 0 Å². The van der Waals surface area contributed by atoms with Crippen LogP contribution in [0.5, 0.6) is 0 Å². The molecule has 0 spiro atoms. The Morgan fingerprint density at radius 3 is 1.17 bits per heavy atom. The first-order chi connectivity index (χ1) is 5.83. The monoisotopic (exact) mass is 247 g/mol. The van der Waals surface area contributed by atoms with Crippen molar-refractivity contribution < 1.29 is 0 Å². The minimum atomic E-state index is 0.194. The van der Waals surface area contributed by atoms with Gasteiger partial charge in [0.1, 0.15) is 0 Å². The molecule has 1 heterocycles. The van der Waals surface area contributed by atoms with Gasteiger partial charge in [-0.05, 0) is 12.1 Å². The normalized spacial score (nSPS) is 7.00. The fraction of sp³-hybridized carbons (Fsp3) is 0.286. The Kier molecular flexibility index (Phi) is 21.5. The molecule has 12 heavy (non-hydrogen) atoms. The molecule has 1 aromatic rings. The molecule has 1 aromatic heterocycles. The topological polar surface area (TPSA) is 12.9 Å². The van der Waals surface area contributed by atoms with Gasteiger partial charge in [-0.2, -0.15) is 0 Å². The third kappa shape index (κ3) is 22.4. The van der Waals surface area contributed by atoms with E-state index >= 15 is 0 Å². The molecule has 0 amide bonds.